The van der Waals surface area contributed by atoms with E-state index in [9.17, 15) is 10.1 Å². The molecule has 1 aliphatic rings. The first-order valence-corrected chi connectivity index (χ1v) is 7.09. The third-order valence-corrected chi connectivity index (χ3v) is 3.82. The molecule has 1 aromatic carbocycles. The molecule has 0 saturated carbocycles. The summed E-state index contributed by atoms with van der Waals surface area (Å²) in [5.41, 5.74) is 1.49. The van der Waals surface area contributed by atoms with E-state index in [2.05, 4.69) is 29.0 Å². The summed E-state index contributed by atoms with van der Waals surface area (Å²) in [7, 11) is 0. The summed E-state index contributed by atoms with van der Waals surface area (Å²) < 4.78 is 0. The standard InChI is InChI=1S/C15H18N4O2/c1-10-8-18(9-11(2)17-10)14-6-5-13-12(4-3-7-16-13)15(14)19(20)21/h3-7,10-11,17H,8-9H2,1-2H3. The van der Waals surface area contributed by atoms with Crippen molar-refractivity contribution in [3.8, 4) is 0 Å². The van der Waals surface area contributed by atoms with Crippen molar-refractivity contribution in [2.75, 3.05) is 18.0 Å². The average Bonchev–Trinajstić information content (AvgIpc) is 2.44. The van der Waals surface area contributed by atoms with Crippen LogP contribution in [-0.2, 0) is 0 Å². The first kappa shape index (κ1) is 13.8. The lowest BCUT2D eigenvalue weighted by Gasteiger charge is -2.37. The maximum absolute atomic E-state index is 11.6. The van der Waals surface area contributed by atoms with Crippen molar-refractivity contribution in [1.82, 2.24) is 10.3 Å². The second kappa shape index (κ2) is 5.29. The Labute approximate surface area is 122 Å². The van der Waals surface area contributed by atoms with E-state index in [1.54, 1.807) is 18.3 Å². The van der Waals surface area contributed by atoms with Crippen LogP contribution in [0.25, 0.3) is 10.9 Å². The molecule has 21 heavy (non-hydrogen) atoms. The number of fused-ring (bicyclic) bond motifs is 1. The number of anilines is 1. The van der Waals surface area contributed by atoms with Gasteiger partial charge in [-0.3, -0.25) is 15.1 Å². The number of nitrogens with one attached hydrogen (secondary N) is 1. The van der Waals surface area contributed by atoms with Gasteiger partial charge in [0.15, 0.2) is 0 Å². The zero-order chi connectivity index (χ0) is 15.0. The second-order valence-corrected chi connectivity index (χ2v) is 5.63. The molecule has 1 saturated heterocycles. The molecule has 1 aromatic heterocycles. The summed E-state index contributed by atoms with van der Waals surface area (Å²) in [6.07, 6.45) is 1.65. The lowest BCUT2D eigenvalue weighted by Crippen LogP contribution is -2.54. The van der Waals surface area contributed by atoms with E-state index in [-0.39, 0.29) is 10.6 Å². The lowest BCUT2D eigenvalue weighted by molar-refractivity contribution is -0.382. The molecule has 0 aliphatic carbocycles. The normalized spacial score (nSPS) is 22.5. The molecule has 0 bridgehead atoms. The fourth-order valence-corrected chi connectivity index (χ4v) is 3.10. The maximum atomic E-state index is 11.6. The largest absolute Gasteiger partial charge is 0.363 e. The first-order chi connectivity index (χ1) is 10.1. The summed E-state index contributed by atoms with van der Waals surface area (Å²) in [5, 5.41) is 15.6. The van der Waals surface area contributed by atoms with Crippen molar-refractivity contribution >= 4 is 22.3 Å². The summed E-state index contributed by atoms with van der Waals surface area (Å²) >= 11 is 0. The molecule has 2 heterocycles. The number of nitro benzene ring substituents is 1. The molecular weight excluding hydrogens is 268 g/mol. The van der Waals surface area contributed by atoms with Crippen LogP contribution in [0.4, 0.5) is 11.4 Å². The predicted molar refractivity (Wildman–Crippen MR) is 82.7 cm³/mol. The Balaban J connectivity index is 2.13. The Morgan fingerprint density at radius 2 is 2.00 bits per heavy atom. The number of pyridine rings is 1. The van der Waals surface area contributed by atoms with E-state index in [1.165, 1.54) is 0 Å². The van der Waals surface area contributed by atoms with Crippen LogP contribution in [0, 0.1) is 10.1 Å². The van der Waals surface area contributed by atoms with Crippen LogP contribution in [-0.4, -0.2) is 35.1 Å². The highest BCUT2D eigenvalue weighted by Crippen LogP contribution is 2.35. The highest BCUT2D eigenvalue weighted by Gasteiger charge is 2.28. The zero-order valence-electron chi connectivity index (χ0n) is 12.1. The SMILES string of the molecule is CC1CN(c2ccc3ncccc3c2[N+](=O)[O-])CC(C)N1. The van der Waals surface area contributed by atoms with Crippen LogP contribution >= 0.6 is 0 Å². The van der Waals surface area contributed by atoms with Gasteiger partial charge in [0, 0.05) is 31.4 Å². The molecule has 1 aliphatic heterocycles. The molecule has 6 heteroatoms. The van der Waals surface area contributed by atoms with Crippen LogP contribution in [0.3, 0.4) is 0 Å². The van der Waals surface area contributed by atoms with E-state index < -0.39 is 0 Å². The van der Waals surface area contributed by atoms with Gasteiger partial charge >= 0.3 is 5.69 Å². The minimum absolute atomic E-state index is 0.155. The van der Waals surface area contributed by atoms with Gasteiger partial charge < -0.3 is 10.2 Å². The topological polar surface area (TPSA) is 71.3 Å². The number of piperazine rings is 1. The minimum atomic E-state index is -0.295. The molecule has 2 aromatic rings. The molecule has 110 valence electrons. The molecule has 0 radical (unpaired) electrons. The number of hydrogen-bond donors (Lipinski definition) is 1. The van der Waals surface area contributed by atoms with E-state index >= 15 is 0 Å². The van der Waals surface area contributed by atoms with Crippen molar-refractivity contribution < 1.29 is 4.92 Å². The Kier molecular flexibility index (Phi) is 3.47. The molecule has 3 rings (SSSR count). The van der Waals surface area contributed by atoms with Gasteiger partial charge in [-0.1, -0.05) is 0 Å². The van der Waals surface area contributed by atoms with Crippen molar-refractivity contribution in [1.29, 1.82) is 0 Å². The third kappa shape index (κ3) is 2.54. The first-order valence-electron chi connectivity index (χ1n) is 7.09. The Bertz CT molecular complexity index is 678. The van der Waals surface area contributed by atoms with Crippen LogP contribution in [0.2, 0.25) is 0 Å². The molecule has 6 nitrogen and oxygen atoms in total. The lowest BCUT2D eigenvalue weighted by atomic mass is 10.1. The number of nitro groups is 1. The third-order valence-electron chi connectivity index (χ3n) is 3.82. The fourth-order valence-electron chi connectivity index (χ4n) is 3.10. The van der Waals surface area contributed by atoms with E-state index in [0.717, 1.165) is 13.1 Å². The van der Waals surface area contributed by atoms with Gasteiger partial charge in [-0.2, -0.15) is 0 Å². The average molecular weight is 286 g/mol. The van der Waals surface area contributed by atoms with Crippen LogP contribution < -0.4 is 10.2 Å². The number of hydrogen-bond acceptors (Lipinski definition) is 5. The molecule has 1 N–H and O–H groups in total. The minimum Gasteiger partial charge on any atom is -0.363 e. The summed E-state index contributed by atoms with van der Waals surface area (Å²) in [4.78, 5) is 17.6. The van der Waals surface area contributed by atoms with Gasteiger partial charge in [0.05, 0.1) is 15.8 Å². The molecule has 0 amide bonds. The Hall–Kier alpha value is -2.21. The molecule has 2 atom stereocenters. The van der Waals surface area contributed by atoms with Crippen molar-refractivity contribution in [3.05, 3.63) is 40.6 Å². The number of aromatic nitrogens is 1. The fraction of sp³-hybridized carbons (Fsp3) is 0.400. The van der Waals surface area contributed by atoms with Crippen molar-refractivity contribution in [2.45, 2.75) is 25.9 Å². The highest BCUT2D eigenvalue weighted by molar-refractivity contribution is 5.94. The van der Waals surface area contributed by atoms with E-state index in [4.69, 9.17) is 0 Å². The maximum Gasteiger partial charge on any atom is 0.301 e. The van der Waals surface area contributed by atoms with Crippen LogP contribution in [0.15, 0.2) is 30.5 Å². The number of benzene rings is 1. The summed E-state index contributed by atoms with van der Waals surface area (Å²) in [6.45, 7) is 5.71. The van der Waals surface area contributed by atoms with Gasteiger partial charge in [-0.25, -0.2) is 0 Å². The predicted octanol–water partition coefficient (Wildman–Crippen LogP) is 2.33. The van der Waals surface area contributed by atoms with Crippen molar-refractivity contribution in [3.63, 3.8) is 0 Å². The highest BCUT2D eigenvalue weighted by atomic mass is 16.6. The Morgan fingerprint density at radius 3 is 2.67 bits per heavy atom. The Morgan fingerprint density at radius 1 is 1.29 bits per heavy atom. The van der Waals surface area contributed by atoms with E-state index in [1.807, 2.05) is 12.1 Å². The van der Waals surface area contributed by atoms with Crippen molar-refractivity contribution in [2.24, 2.45) is 0 Å². The van der Waals surface area contributed by atoms with Crippen LogP contribution in [0.1, 0.15) is 13.8 Å². The molecule has 2 unspecified atom stereocenters. The van der Waals surface area contributed by atoms with Gasteiger partial charge in [0.25, 0.3) is 0 Å². The van der Waals surface area contributed by atoms with Gasteiger partial charge in [0.1, 0.15) is 5.69 Å². The molecule has 1 fully saturated rings. The van der Waals surface area contributed by atoms with Gasteiger partial charge in [-0.15, -0.1) is 0 Å². The smallest absolute Gasteiger partial charge is 0.301 e. The quantitative estimate of drug-likeness (QED) is 0.677. The number of nitrogens with zero attached hydrogens (tertiary/aromatic N) is 3. The molecule has 0 spiro atoms. The zero-order valence-corrected chi connectivity index (χ0v) is 12.1. The van der Waals surface area contributed by atoms with Crippen LogP contribution in [0.5, 0.6) is 0 Å². The summed E-state index contributed by atoms with van der Waals surface area (Å²) in [6, 6.07) is 7.78. The van der Waals surface area contributed by atoms with Gasteiger partial charge in [-0.05, 0) is 38.1 Å². The monoisotopic (exact) mass is 286 g/mol. The summed E-state index contributed by atoms with van der Waals surface area (Å²) in [5.74, 6) is 0. The second-order valence-electron chi connectivity index (χ2n) is 5.63. The van der Waals surface area contributed by atoms with Gasteiger partial charge in [0.2, 0.25) is 0 Å². The number of rotatable bonds is 2. The van der Waals surface area contributed by atoms with E-state index in [0.29, 0.717) is 28.7 Å². The molecular formula is C15H18N4O2.